The Balaban J connectivity index is 2.68. The number of hydrogen-bond donors (Lipinski definition) is 3. The van der Waals surface area contributed by atoms with Crippen LogP contribution in [0.4, 0.5) is 0 Å². The average Bonchev–Trinajstić information content (AvgIpc) is 2.42. The first kappa shape index (κ1) is 15.2. The van der Waals surface area contributed by atoms with Crippen molar-refractivity contribution < 1.29 is 15.0 Å². The summed E-state index contributed by atoms with van der Waals surface area (Å²) in [4.78, 5) is 14.5. The van der Waals surface area contributed by atoms with Gasteiger partial charge in [0.2, 0.25) is 0 Å². The van der Waals surface area contributed by atoms with E-state index in [-0.39, 0.29) is 5.75 Å². The molecule has 0 heterocycles. The fraction of sp³-hybridized carbons (Fsp3) is 0.0667. The number of aliphatic imine (C=N–C) groups is 1. The molecule has 0 aromatic heterocycles. The molecule has 0 saturated heterocycles. The van der Waals surface area contributed by atoms with E-state index < -0.39 is 5.97 Å². The number of hydrogen-bond acceptors (Lipinski definition) is 4. The third kappa shape index (κ3) is 6.20. The number of benzene rings is 1. The zero-order chi connectivity index (χ0) is 14.8. The van der Waals surface area contributed by atoms with Crippen LogP contribution in [0.15, 0.2) is 66.0 Å². The normalized spacial score (nSPS) is 11.9. The van der Waals surface area contributed by atoms with Crippen LogP contribution in [-0.2, 0) is 11.3 Å². The van der Waals surface area contributed by atoms with Gasteiger partial charge in [0.25, 0.3) is 0 Å². The van der Waals surface area contributed by atoms with E-state index in [1.54, 1.807) is 36.4 Å². The second kappa shape index (κ2) is 8.31. The molecule has 0 aliphatic carbocycles. The van der Waals surface area contributed by atoms with Gasteiger partial charge in [-0.15, -0.1) is 0 Å². The van der Waals surface area contributed by atoms with Crippen LogP contribution in [0.5, 0.6) is 5.75 Å². The Kier molecular flexibility index (Phi) is 6.33. The number of phenolic OH excluding ortho intramolecular Hbond substituents is 1. The van der Waals surface area contributed by atoms with Gasteiger partial charge in [-0.05, 0) is 29.8 Å². The predicted octanol–water partition coefficient (Wildman–Crippen LogP) is 2.22. The van der Waals surface area contributed by atoms with Crippen LogP contribution < -0.4 is 5.32 Å². The molecule has 5 nitrogen and oxygen atoms in total. The third-order valence-corrected chi connectivity index (χ3v) is 2.27. The number of carboxylic acids is 1. The summed E-state index contributed by atoms with van der Waals surface area (Å²) < 4.78 is 0. The van der Waals surface area contributed by atoms with E-state index in [9.17, 15) is 9.90 Å². The number of phenols is 1. The van der Waals surface area contributed by atoms with E-state index in [1.807, 2.05) is 0 Å². The number of rotatable bonds is 7. The van der Waals surface area contributed by atoms with Gasteiger partial charge in [-0.3, -0.25) is 4.99 Å². The third-order valence-electron chi connectivity index (χ3n) is 2.27. The first-order valence-corrected chi connectivity index (χ1v) is 5.89. The molecule has 0 fully saturated rings. The SMILES string of the molecule is C=C/N=C/C=C\C(=C\C(=O)O)NCc1ccc(O)cc1. The summed E-state index contributed by atoms with van der Waals surface area (Å²) in [5.74, 6) is -0.848. The minimum Gasteiger partial charge on any atom is -0.508 e. The van der Waals surface area contributed by atoms with Gasteiger partial charge in [0.05, 0.1) is 0 Å². The van der Waals surface area contributed by atoms with Crippen LogP contribution in [0.3, 0.4) is 0 Å². The van der Waals surface area contributed by atoms with Gasteiger partial charge < -0.3 is 15.5 Å². The van der Waals surface area contributed by atoms with Crippen LogP contribution in [0.2, 0.25) is 0 Å². The molecule has 0 spiro atoms. The van der Waals surface area contributed by atoms with E-state index in [1.165, 1.54) is 12.4 Å². The summed E-state index contributed by atoms with van der Waals surface area (Å²) in [7, 11) is 0. The van der Waals surface area contributed by atoms with E-state index >= 15 is 0 Å². The summed E-state index contributed by atoms with van der Waals surface area (Å²) in [5.41, 5.74) is 1.37. The van der Waals surface area contributed by atoms with E-state index in [0.29, 0.717) is 12.2 Å². The molecule has 1 aromatic carbocycles. The second-order valence-electron chi connectivity index (χ2n) is 3.80. The van der Waals surface area contributed by atoms with Gasteiger partial charge in [-0.2, -0.15) is 0 Å². The monoisotopic (exact) mass is 272 g/mol. The number of carbonyl (C=O) groups is 1. The lowest BCUT2D eigenvalue weighted by Gasteiger charge is -2.06. The fourth-order valence-electron chi connectivity index (χ4n) is 1.37. The Morgan fingerprint density at radius 3 is 2.65 bits per heavy atom. The Morgan fingerprint density at radius 2 is 2.05 bits per heavy atom. The molecular weight excluding hydrogens is 256 g/mol. The highest BCUT2D eigenvalue weighted by Crippen LogP contribution is 2.09. The van der Waals surface area contributed by atoms with E-state index in [4.69, 9.17) is 5.11 Å². The highest BCUT2D eigenvalue weighted by Gasteiger charge is 1.98. The van der Waals surface area contributed by atoms with Crippen LogP contribution in [0.1, 0.15) is 5.56 Å². The molecule has 5 heteroatoms. The zero-order valence-electron chi connectivity index (χ0n) is 10.9. The zero-order valence-corrected chi connectivity index (χ0v) is 10.9. The smallest absolute Gasteiger partial charge is 0.330 e. The minimum absolute atomic E-state index is 0.190. The molecule has 20 heavy (non-hydrogen) atoms. The Morgan fingerprint density at radius 1 is 1.35 bits per heavy atom. The van der Waals surface area contributed by atoms with Crippen molar-refractivity contribution in [3.63, 3.8) is 0 Å². The molecule has 0 saturated carbocycles. The van der Waals surface area contributed by atoms with Crippen LogP contribution in [-0.4, -0.2) is 22.4 Å². The first-order valence-electron chi connectivity index (χ1n) is 5.89. The van der Waals surface area contributed by atoms with Crippen LogP contribution >= 0.6 is 0 Å². The van der Waals surface area contributed by atoms with Crippen LogP contribution in [0.25, 0.3) is 0 Å². The maximum atomic E-state index is 10.7. The Bertz CT molecular complexity index is 543. The molecule has 1 rings (SSSR count). The van der Waals surface area contributed by atoms with Crippen molar-refractivity contribution >= 4 is 12.2 Å². The maximum absolute atomic E-state index is 10.7. The average molecular weight is 272 g/mol. The number of carboxylic acid groups (broad SMARTS) is 1. The van der Waals surface area contributed by atoms with Gasteiger partial charge in [-0.1, -0.05) is 18.7 Å². The van der Waals surface area contributed by atoms with Crippen molar-refractivity contribution in [2.45, 2.75) is 6.54 Å². The molecule has 0 aliphatic rings. The molecule has 0 bridgehead atoms. The van der Waals surface area contributed by atoms with Crippen molar-refractivity contribution in [1.29, 1.82) is 0 Å². The Hall–Kier alpha value is -2.82. The summed E-state index contributed by atoms with van der Waals surface area (Å²) in [6.45, 7) is 3.88. The van der Waals surface area contributed by atoms with Crippen molar-refractivity contribution in [2.24, 2.45) is 4.99 Å². The van der Waals surface area contributed by atoms with Crippen molar-refractivity contribution in [3.05, 3.63) is 66.5 Å². The number of allylic oxidation sites excluding steroid dienone is 2. The summed E-state index contributed by atoms with van der Waals surface area (Å²) in [6, 6.07) is 6.65. The van der Waals surface area contributed by atoms with Crippen molar-refractivity contribution in [3.8, 4) is 5.75 Å². The molecule has 0 unspecified atom stereocenters. The predicted molar refractivity (Wildman–Crippen MR) is 78.5 cm³/mol. The van der Waals surface area contributed by atoms with Crippen molar-refractivity contribution in [1.82, 2.24) is 5.32 Å². The van der Waals surface area contributed by atoms with Gasteiger partial charge in [-0.25, -0.2) is 4.79 Å². The lowest BCUT2D eigenvalue weighted by Crippen LogP contribution is -2.12. The molecule has 0 amide bonds. The lowest BCUT2D eigenvalue weighted by molar-refractivity contribution is -0.131. The highest BCUT2D eigenvalue weighted by molar-refractivity contribution is 5.81. The molecule has 1 aromatic rings. The molecule has 3 N–H and O–H groups in total. The second-order valence-corrected chi connectivity index (χ2v) is 3.80. The molecule has 0 atom stereocenters. The van der Waals surface area contributed by atoms with Gasteiger partial charge >= 0.3 is 5.97 Å². The molecule has 0 aliphatic heterocycles. The maximum Gasteiger partial charge on any atom is 0.330 e. The van der Waals surface area contributed by atoms with E-state index in [2.05, 4.69) is 16.9 Å². The summed E-state index contributed by atoms with van der Waals surface area (Å²) in [5, 5.41) is 21.0. The first-order chi connectivity index (χ1) is 9.61. The quantitative estimate of drug-likeness (QED) is 0.404. The molecule has 0 radical (unpaired) electrons. The van der Waals surface area contributed by atoms with Gasteiger partial charge in [0.1, 0.15) is 5.75 Å². The largest absolute Gasteiger partial charge is 0.508 e. The number of nitrogens with zero attached hydrogens (tertiary/aromatic N) is 1. The summed E-state index contributed by atoms with van der Waals surface area (Å²) >= 11 is 0. The van der Waals surface area contributed by atoms with Crippen LogP contribution in [0, 0.1) is 0 Å². The van der Waals surface area contributed by atoms with Gasteiger partial charge in [0.15, 0.2) is 0 Å². The van der Waals surface area contributed by atoms with Crippen molar-refractivity contribution in [2.75, 3.05) is 0 Å². The number of aromatic hydroxyl groups is 1. The number of nitrogens with one attached hydrogen (secondary N) is 1. The van der Waals surface area contributed by atoms with Gasteiger partial charge in [0, 0.05) is 30.7 Å². The topological polar surface area (TPSA) is 81.9 Å². The lowest BCUT2D eigenvalue weighted by atomic mass is 10.2. The standard InChI is InChI=1S/C15H16N2O3/c1-2-16-9-3-4-13(10-15(19)20)17-11-12-5-7-14(18)8-6-12/h2-10,17-18H,1,11H2,(H,19,20)/b4-3-,13-10-,16-9+. The fourth-order valence-corrected chi connectivity index (χ4v) is 1.37. The highest BCUT2D eigenvalue weighted by atomic mass is 16.4. The Labute approximate surface area is 117 Å². The number of aliphatic carboxylic acids is 1. The minimum atomic E-state index is -1.04. The molecular formula is C15H16N2O3. The summed E-state index contributed by atoms with van der Waals surface area (Å²) in [6.07, 6.45) is 7.17. The molecule has 104 valence electrons. The van der Waals surface area contributed by atoms with E-state index in [0.717, 1.165) is 11.6 Å².